The fourth-order valence-corrected chi connectivity index (χ4v) is 4.34. The molecular weight excluding hydrogens is 404 g/mol. The zero-order chi connectivity index (χ0) is 21.4. The van der Waals surface area contributed by atoms with Gasteiger partial charge in [-0.2, -0.15) is 4.98 Å². The van der Waals surface area contributed by atoms with Crippen LogP contribution >= 0.6 is 0 Å². The van der Waals surface area contributed by atoms with E-state index in [1.165, 1.54) is 4.90 Å². The Morgan fingerprint density at radius 1 is 1.03 bits per heavy atom. The molecule has 4 heterocycles. The molecule has 2 saturated heterocycles. The number of benzene rings is 1. The summed E-state index contributed by atoms with van der Waals surface area (Å²) in [4.78, 5) is 24.7. The molecule has 0 saturated carbocycles. The fraction of sp³-hybridized carbons (Fsp3) is 0.455. The van der Waals surface area contributed by atoms with Crippen molar-refractivity contribution in [2.45, 2.75) is 37.5 Å². The average molecular weight is 427 g/mol. The highest BCUT2D eigenvalue weighted by molar-refractivity contribution is 5.80. The van der Waals surface area contributed by atoms with E-state index in [1.54, 1.807) is 4.90 Å². The normalized spacial score (nSPS) is 19.7. The van der Waals surface area contributed by atoms with E-state index in [1.807, 2.05) is 36.4 Å². The number of carbonyl (C=O) groups is 1. The molecule has 9 heteroatoms. The number of hydrogen-bond donors (Lipinski definition) is 0. The number of hydrogen-bond acceptors (Lipinski definition) is 5. The molecule has 1 aromatic carbocycles. The van der Waals surface area contributed by atoms with E-state index < -0.39 is 12.5 Å². The first-order valence-electron chi connectivity index (χ1n) is 10.6. The molecule has 2 amide bonds. The van der Waals surface area contributed by atoms with Crippen LogP contribution in [0.25, 0.3) is 22.4 Å². The monoisotopic (exact) mass is 427 g/mol. The summed E-state index contributed by atoms with van der Waals surface area (Å²) in [6, 6.07) is 11.4. The summed E-state index contributed by atoms with van der Waals surface area (Å²) in [5.41, 5.74) is 1.51. The Bertz CT molecular complexity index is 1090. The molecule has 0 aliphatic carbocycles. The van der Waals surface area contributed by atoms with Crippen molar-refractivity contribution in [2.24, 2.45) is 0 Å². The summed E-state index contributed by atoms with van der Waals surface area (Å²) < 4.78 is 32.8. The first-order chi connectivity index (χ1) is 15.0. The molecule has 7 nitrogen and oxygen atoms in total. The van der Waals surface area contributed by atoms with E-state index in [-0.39, 0.29) is 18.4 Å². The summed E-state index contributed by atoms with van der Waals surface area (Å²) in [5.74, 6) is -1.78. The van der Waals surface area contributed by atoms with Crippen molar-refractivity contribution in [1.82, 2.24) is 24.9 Å². The van der Waals surface area contributed by atoms with Gasteiger partial charge >= 0.3 is 6.03 Å². The van der Waals surface area contributed by atoms with Crippen LogP contribution in [-0.4, -0.2) is 63.1 Å². The van der Waals surface area contributed by atoms with Gasteiger partial charge in [-0.05, 0) is 31.4 Å². The number of nitrogens with zero attached hydrogens (tertiary/aromatic N) is 5. The lowest BCUT2D eigenvalue weighted by atomic mass is 9.97. The number of para-hydroxylation sites is 1. The number of rotatable bonds is 2. The third kappa shape index (κ3) is 4.08. The molecule has 3 aromatic rings. The summed E-state index contributed by atoms with van der Waals surface area (Å²) in [7, 11) is 0. The van der Waals surface area contributed by atoms with E-state index in [0.717, 1.165) is 10.9 Å². The average Bonchev–Trinajstić information content (AvgIpc) is 3.28. The topological polar surface area (TPSA) is 75.4 Å². The summed E-state index contributed by atoms with van der Waals surface area (Å²) >= 11 is 0. The molecule has 2 aliphatic heterocycles. The predicted molar refractivity (Wildman–Crippen MR) is 110 cm³/mol. The molecule has 0 bridgehead atoms. The molecule has 2 fully saturated rings. The number of piperidine rings is 2. The highest BCUT2D eigenvalue weighted by Gasteiger charge is 2.39. The first-order valence-corrected chi connectivity index (χ1v) is 10.6. The smallest absolute Gasteiger partial charge is 0.320 e. The predicted octanol–water partition coefficient (Wildman–Crippen LogP) is 4.32. The van der Waals surface area contributed by atoms with E-state index in [0.29, 0.717) is 56.3 Å². The number of alkyl halides is 2. The van der Waals surface area contributed by atoms with Crippen molar-refractivity contribution in [3.63, 3.8) is 0 Å². The highest BCUT2D eigenvalue weighted by atomic mass is 19.3. The number of carbonyl (C=O) groups excluding carboxylic acids is 1. The standard InChI is InChI=1S/C22H23F2N5O2/c23-22(24)10-3-11-29(14-22)21(30)28-12-8-16(9-13-28)20-26-19(27-31-20)18-7-6-15-4-1-2-5-17(15)25-18/h1-2,4-7,16H,3,8-14H2. The molecule has 162 valence electrons. The van der Waals surface area contributed by atoms with Gasteiger partial charge < -0.3 is 14.3 Å². The van der Waals surface area contributed by atoms with Gasteiger partial charge in [-0.25, -0.2) is 18.6 Å². The van der Waals surface area contributed by atoms with Crippen LogP contribution in [0.2, 0.25) is 0 Å². The van der Waals surface area contributed by atoms with Crippen LogP contribution in [0.4, 0.5) is 13.6 Å². The highest BCUT2D eigenvalue weighted by Crippen LogP contribution is 2.31. The molecular formula is C22H23F2N5O2. The Hall–Kier alpha value is -3.10. The number of likely N-dealkylation sites (tertiary alicyclic amines) is 2. The van der Waals surface area contributed by atoms with Gasteiger partial charge in [0.15, 0.2) is 0 Å². The zero-order valence-electron chi connectivity index (χ0n) is 17.0. The Labute approximate surface area is 178 Å². The Kier molecular flexibility index (Phi) is 5.03. The van der Waals surface area contributed by atoms with Gasteiger partial charge in [0.1, 0.15) is 5.69 Å². The lowest BCUT2D eigenvalue weighted by Gasteiger charge is -2.38. The number of fused-ring (bicyclic) bond motifs is 1. The van der Waals surface area contributed by atoms with E-state index in [9.17, 15) is 13.6 Å². The van der Waals surface area contributed by atoms with Gasteiger partial charge in [0, 0.05) is 37.4 Å². The second-order valence-electron chi connectivity index (χ2n) is 8.27. The number of urea groups is 1. The fourth-order valence-electron chi connectivity index (χ4n) is 4.34. The molecule has 2 aliphatic rings. The maximum absolute atomic E-state index is 13.6. The van der Waals surface area contributed by atoms with Gasteiger partial charge in [-0.3, -0.25) is 0 Å². The Balaban J connectivity index is 1.23. The van der Waals surface area contributed by atoms with Gasteiger partial charge in [0.2, 0.25) is 11.7 Å². The van der Waals surface area contributed by atoms with Gasteiger partial charge in [-0.15, -0.1) is 0 Å². The molecule has 0 radical (unpaired) electrons. The van der Waals surface area contributed by atoms with Crippen LogP contribution in [0.15, 0.2) is 40.9 Å². The summed E-state index contributed by atoms with van der Waals surface area (Å²) in [6.07, 6.45) is 1.50. The van der Waals surface area contributed by atoms with Crippen molar-refractivity contribution in [2.75, 3.05) is 26.2 Å². The third-order valence-corrected chi connectivity index (χ3v) is 6.05. The summed E-state index contributed by atoms with van der Waals surface area (Å²) in [6.45, 7) is 0.868. The van der Waals surface area contributed by atoms with Crippen molar-refractivity contribution < 1.29 is 18.1 Å². The molecule has 0 spiro atoms. The molecule has 31 heavy (non-hydrogen) atoms. The van der Waals surface area contributed by atoms with E-state index >= 15 is 0 Å². The quantitative estimate of drug-likeness (QED) is 0.609. The zero-order valence-corrected chi connectivity index (χ0v) is 17.0. The molecule has 0 atom stereocenters. The number of halogens is 2. The van der Waals surface area contributed by atoms with Gasteiger partial charge in [-0.1, -0.05) is 29.4 Å². The van der Waals surface area contributed by atoms with Crippen molar-refractivity contribution in [3.05, 3.63) is 42.3 Å². The third-order valence-electron chi connectivity index (χ3n) is 6.05. The lowest BCUT2D eigenvalue weighted by molar-refractivity contribution is -0.0560. The van der Waals surface area contributed by atoms with E-state index in [2.05, 4.69) is 15.1 Å². The van der Waals surface area contributed by atoms with Crippen LogP contribution in [0, 0.1) is 0 Å². The molecule has 5 rings (SSSR count). The molecule has 2 aromatic heterocycles. The molecule has 0 N–H and O–H groups in total. The minimum atomic E-state index is -2.79. The SMILES string of the molecule is O=C(N1CCC(c2nc(-c3ccc4ccccc4n3)no2)CC1)N1CCCC(F)(F)C1. The lowest BCUT2D eigenvalue weighted by Crippen LogP contribution is -2.52. The molecule has 0 unspecified atom stereocenters. The first kappa shape index (κ1) is 19.8. The minimum absolute atomic E-state index is 0.0357. The minimum Gasteiger partial charge on any atom is -0.339 e. The Morgan fingerprint density at radius 2 is 1.84 bits per heavy atom. The Morgan fingerprint density at radius 3 is 2.65 bits per heavy atom. The van der Waals surface area contributed by atoms with Crippen molar-refractivity contribution in [1.29, 1.82) is 0 Å². The van der Waals surface area contributed by atoms with Gasteiger partial charge in [0.25, 0.3) is 5.92 Å². The maximum atomic E-state index is 13.6. The second kappa shape index (κ2) is 7.86. The maximum Gasteiger partial charge on any atom is 0.320 e. The van der Waals surface area contributed by atoms with Gasteiger partial charge in [0.05, 0.1) is 12.1 Å². The van der Waals surface area contributed by atoms with Crippen LogP contribution in [0.5, 0.6) is 0 Å². The van der Waals surface area contributed by atoms with Crippen molar-refractivity contribution >= 4 is 16.9 Å². The number of pyridine rings is 1. The summed E-state index contributed by atoms with van der Waals surface area (Å²) in [5, 5.41) is 5.13. The number of amides is 2. The van der Waals surface area contributed by atoms with Crippen LogP contribution < -0.4 is 0 Å². The van der Waals surface area contributed by atoms with E-state index in [4.69, 9.17) is 4.52 Å². The number of aromatic nitrogens is 3. The van der Waals surface area contributed by atoms with Crippen LogP contribution in [0.3, 0.4) is 0 Å². The van der Waals surface area contributed by atoms with Crippen molar-refractivity contribution in [3.8, 4) is 11.5 Å². The largest absolute Gasteiger partial charge is 0.339 e. The van der Waals surface area contributed by atoms with Crippen LogP contribution in [-0.2, 0) is 0 Å². The van der Waals surface area contributed by atoms with Crippen LogP contribution in [0.1, 0.15) is 37.5 Å². The second-order valence-corrected chi connectivity index (χ2v) is 8.27.